The second-order valence-electron chi connectivity index (χ2n) is 22.5. The van der Waals surface area contributed by atoms with Gasteiger partial charge in [0, 0.05) is 0 Å². The SMILES string of the molecule is CCCCCCCCCCCCCCCCCCC(O)C(CO)(CO)C(O)(c1c(C(C)(C)C)cc(C)cc1C(C)(C)C)c1c(C(C)(C)C)cc(C)cc1C(C)(C)C.OP(O)O. The Morgan fingerprint density at radius 2 is 0.689 bits per heavy atom. The summed E-state index contributed by atoms with van der Waals surface area (Å²) in [4.78, 5) is 21.7. The molecule has 1 unspecified atom stereocenters. The van der Waals surface area contributed by atoms with E-state index in [2.05, 4.69) is 128 Å². The summed E-state index contributed by atoms with van der Waals surface area (Å²) in [7, 11) is -2.62. The normalized spacial score (nSPS) is 13.8. The Morgan fingerprint density at radius 1 is 0.459 bits per heavy atom. The third kappa shape index (κ3) is 16.8. The van der Waals surface area contributed by atoms with E-state index in [1.54, 1.807) is 0 Å². The standard InChI is InChI=1S/C53H92O4.H3O3P/c1-16-17-18-19-20-21-22-23-24-25-26-27-28-29-30-31-32-45(56)52(37-54,38-55)53(57,46-41(48(4,5)6)33-39(2)34-42(46)49(7,8)9)47-43(50(10,11)12)35-40(3)36-44(47)51(13,14)15;1-4(2)3/h33-36,45,54-57H,16-32,37-38H2,1-15H3;1-3H. The molecule has 0 fully saturated rings. The van der Waals surface area contributed by atoms with Crippen LogP contribution in [0.25, 0.3) is 0 Å². The molecule has 0 amide bonds. The van der Waals surface area contributed by atoms with Crippen LogP contribution in [0, 0.1) is 19.3 Å². The van der Waals surface area contributed by atoms with Crippen LogP contribution < -0.4 is 0 Å². The summed E-state index contributed by atoms with van der Waals surface area (Å²) in [6.45, 7) is 31.4. The van der Waals surface area contributed by atoms with Crippen LogP contribution in [0.2, 0.25) is 0 Å². The highest BCUT2D eigenvalue weighted by molar-refractivity contribution is 7.38. The maximum Gasteiger partial charge on any atom is 0.324 e. The Hall–Kier alpha value is -1.41. The molecule has 0 radical (unpaired) electrons. The molecule has 0 aliphatic carbocycles. The fraction of sp³-hybridized carbons (Fsp3) is 0.774. The number of aliphatic hydroxyl groups is 4. The van der Waals surface area contributed by atoms with E-state index in [-0.39, 0.29) is 0 Å². The third-order valence-electron chi connectivity index (χ3n) is 12.8. The summed E-state index contributed by atoms with van der Waals surface area (Å²) in [5.74, 6) is 0. The molecule has 7 nitrogen and oxygen atoms in total. The van der Waals surface area contributed by atoms with Gasteiger partial charge in [0.25, 0.3) is 0 Å². The lowest BCUT2D eigenvalue weighted by Gasteiger charge is -2.54. The van der Waals surface area contributed by atoms with E-state index in [0.29, 0.717) is 17.5 Å². The lowest BCUT2D eigenvalue weighted by atomic mass is 9.54. The van der Waals surface area contributed by atoms with E-state index in [1.807, 2.05) is 0 Å². The number of benzene rings is 2. The van der Waals surface area contributed by atoms with E-state index >= 15 is 0 Å². The van der Waals surface area contributed by atoms with Gasteiger partial charge in [0.15, 0.2) is 0 Å². The van der Waals surface area contributed by atoms with Gasteiger partial charge in [-0.3, -0.25) is 0 Å². The number of hydrogen-bond donors (Lipinski definition) is 7. The molecule has 0 saturated heterocycles. The first-order valence-electron chi connectivity index (χ1n) is 23.9. The summed E-state index contributed by atoms with van der Waals surface area (Å²) in [6.07, 6.45) is 19.4. The highest BCUT2D eigenvalue weighted by Gasteiger charge is 2.60. The maximum atomic E-state index is 14.5. The number of unbranched alkanes of at least 4 members (excludes halogenated alkanes) is 15. The van der Waals surface area contributed by atoms with Crippen LogP contribution in [0.4, 0.5) is 0 Å². The molecule has 61 heavy (non-hydrogen) atoms. The summed E-state index contributed by atoms with van der Waals surface area (Å²) in [5, 5.41) is 50.9. The van der Waals surface area contributed by atoms with Gasteiger partial charge >= 0.3 is 8.60 Å². The van der Waals surface area contributed by atoms with Crippen LogP contribution in [0.15, 0.2) is 24.3 Å². The molecule has 0 aliphatic rings. The maximum absolute atomic E-state index is 14.5. The minimum Gasteiger partial charge on any atom is -0.395 e. The minimum atomic E-state index is -2.62. The molecule has 1 atom stereocenters. The molecule has 2 aromatic rings. The Kier molecular flexibility index (Phi) is 23.9. The van der Waals surface area contributed by atoms with Crippen molar-refractivity contribution in [1.29, 1.82) is 0 Å². The van der Waals surface area contributed by atoms with Gasteiger partial charge in [-0.1, -0.05) is 228 Å². The van der Waals surface area contributed by atoms with Crippen LogP contribution in [0.5, 0.6) is 0 Å². The van der Waals surface area contributed by atoms with Gasteiger partial charge in [-0.25, -0.2) is 0 Å². The lowest BCUT2D eigenvalue weighted by Crippen LogP contribution is -2.60. The van der Waals surface area contributed by atoms with Crippen molar-refractivity contribution in [2.45, 2.75) is 246 Å². The predicted octanol–water partition coefficient (Wildman–Crippen LogP) is 12.9. The van der Waals surface area contributed by atoms with Crippen molar-refractivity contribution in [3.05, 3.63) is 68.8 Å². The fourth-order valence-electron chi connectivity index (χ4n) is 9.23. The zero-order valence-electron chi connectivity index (χ0n) is 41.9. The van der Waals surface area contributed by atoms with Crippen LogP contribution in [-0.2, 0) is 27.3 Å². The largest absolute Gasteiger partial charge is 0.395 e. The monoisotopic (exact) mass is 875 g/mol. The average Bonchev–Trinajstić information content (AvgIpc) is 3.12. The molecule has 0 spiro atoms. The summed E-state index contributed by atoms with van der Waals surface area (Å²) < 4.78 is 0. The van der Waals surface area contributed by atoms with Crippen LogP contribution in [0.1, 0.15) is 244 Å². The Morgan fingerprint density at radius 3 is 0.902 bits per heavy atom. The molecule has 0 saturated carbocycles. The first-order chi connectivity index (χ1) is 28.1. The molecular formula is C53H95O7P. The highest BCUT2D eigenvalue weighted by atomic mass is 31.2. The first-order valence-corrected chi connectivity index (χ1v) is 25.1. The van der Waals surface area contributed by atoms with Gasteiger partial charge in [-0.15, -0.1) is 0 Å². The molecule has 0 heterocycles. The van der Waals surface area contributed by atoms with E-state index in [4.69, 9.17) is 14.7 Å². The Labute approximate surface area is 376 Å². The van der Waals surface area contributed by atoms with Crippen molar-refractivity contribution in [3.63, 3.8) is 0 Å². The first kappa shape index (κ1) is 57.6. The molecule has 0 bridgehead atoms. The zero-order valence-corrected chi connectivity index (χ0v) is 42.8. The highest BCUT2D eigenvalue weighted by Crippen LogP contribution is 2.57. The van der Waals surface area contributed by atoms with Gasteiger partial charge in [0.05, 0.1) is 24.7 Å². The zero-order chi connectivity index (χ0) is 47.0. The number of rotatable bonds is 23. The summed E-state index contributed by atoms with van der Waals surface area (Å²) in [6, 6.07) is 8.72. The van der Waals surface area contributed by atoms with Gasteiger partial charge < -0.3 is 35.1 Å². The van der Waals surface area contributed by atoms with Crippen molar-refractivity contribution in [3.8, 4) is 0 Å². The second kappa shape index (κ2) is 25.3. The summed E-state index contributed by atoms with van der Waals surface area (Å²) >= 11 is 0. The van der Waals surface area contributed by atoms with E-state index in [9.17, 15) is 20.4 Å². The van der Waals surface area contributed by atoms with Gasteiger partial charge in [0.1, 0.15) is 5.60 Å². The fourth-order valence-corrected chi connectivity index (χ4v) is 9.23. The minimum absolute atomic E-state index is 0.380. The van der Waals surface area contributed by atoms with Crippen molar-refractivity contribution in [2.24, 2.45) is 5.41 Å². The summed E-state index contributed by atoms with van der Waals surface area (Å²) in [5.41, 5.74) is 2.19. The van der Waals surface area contributed by atoms with Crippen LogP contribution in [-0.4, -0.2) is 54.4 Å². The van der Waals surface area contributed by atoms with Crippen molar-refractivity contribution in [2.75, 3.05) is 13.2 Å². The molecule has 0 aromatic heterocycles. The number of aliphatic hydroxyl groups excluding tert-OH is 3. The van der Waals surface area contributed by atoms with Gasteiger partial charge in [-0.05, 0) is 75.3 Å². The quantitative estimate of drug-likeness (QED) is 0.0435. The van der Waals surface area contributed by atoms with Crippen LogP contribution in [0.3, 0.4) is 0 Å². The molecule has 0 aliphatic heterocycles. The molecule has 8 heteroatoms. The third-order valence-corrected chi connectivity index (χ3v) is 12.8. The number of aryl methyl sites for hydroxylation is 2. The van der Waals surface area contributed by atoms with Crippen molar-refractivity contribution < 1.29 is 35.1 Å². The lowest BCUT2D eigenvalue weighted by molar-refractivity contribution is -0.174. The number of hydrogen-bond acceptors (Lipinski definition) is 7. The predicted molar refractivity (Wildman–Crippen MR) is 261 cm³/mol. The van der Waals surface area contributed by atoms with Crippen LogP contribution >= 0.6 is 8.60 Å². The van der Waals surface area contributed by atoms with E-state index < -0.39 is 60.6 Å². The van der Waals surface area contributed by atoms with Crippen molar-refractivity contribution >= 4 is 8.60 Å². The van der Waals surface area contributed by atoms with E-state index in [0.717, 1.165) is 52.6 Å². The second-order valence-corrected chi connectivity index (χ2v) is 23.1. The molecule has 2 aromatic carbocycles. The topological polar surface area (TPSA) is 142 Å². The molecule has 7 N–H and O–H groups in total. The van der Waals surface area contributed by atoms with Gasteiger partial charge in [0.2, 0.25) is 0 Å². The van der Waals surface area contributed by atoms with Crippen molar-refractivity contribution in [1.82, 2.24) is 0 Å². The average molecular weight is 875 g/mol. The molecule has 2 rings (SSSR count). The smallest absolute Gasteiger partial charge is 0.324 e. The van der Waals surface area contributed by atoms with Gasteiger partial charge in [-0.2, -0.15) is 0 Å². The Bertz CT molecular complexity index is 1400. The molecular weight excluding hydrogens is 780 g/mol. The molecule has 354 valence electrons. The Balaban J connectivity index is 0.00000444. The van der Waals surface area contributed by atoms with E-state index in [1.165, 1.54) is 83.5 Å².